The zero-order valence-electron chi connectivity index (χ0n) is 12.8. The van der Waals surface area contributed by atoms with E-state index in [2.05, 4.69) is 5.32 Å². The van der Waals surface area contributed by atoms with E-state index < -0.39 is 5.60 Å². The van der Waals surface area contributed by atoms with Gasteiger partial charge in [0.1, 0.15) is 5.60 Å². The second-order valence-electron chi connectivity index (χ2n) is 7.50. The summed E-state index contributed by atoms with van der Waals surface area (Å²) in [7, 11) is 0. The van der Waals surface area contributed by atoms with Crippen LogP contribution in [0.15, 0.2) is 0 Å². The van der Waals surface area contributed by atoms with Gasteiger partial charge in [0.2, 0.25) is 5.91 Å². The van der Waals surface area contributed by atoms with Crippen molar-refractivity contribution in [3.05, 3.63) is 0 Å². The molecule has 2 bridgehead atoms. The number of carbonyl (C=O) groups is 2. The van der Waals surface area contributed by atoms with E-state index in [1.807, 2.05) is 20.8 Å². The predicted molar refractivity (Wildman–Crippen MR) is 76.0 cm³/mol. The molecule has 0 unspecified atom stereocenters. The van der Waals surface area contributed by atoms with Gasteiger partial charge >= 0.3 is 6.09 Å². The minimum atomic E-state index is -0.470. The van der Waals surface area contributed by atoms with E-state index in [1.165, 1.54) is 0 Å². The highest BCUT2D eigenvalue weighted by Gasteiger charge is 2.51. The van der Waals surface area contributed by atoms with Crippen molar-refractivity contribution in [1.29, 1.82) is 0 Å². The van der Waals surface area contributed by atoms with E-state index in [9.17, 15) is 9.59 Å². The molecular weight excluding hydrogens is 256 g/mol. The second-order valence-corrected chi connectivity index (χ2v) is 7.50. The number of nitrogens with one attached hydrogen (secondary N) is 1. The third-order valence-electron chi connectivity index (χ3n) is 4.93. The summed E-state index contributed by atoms with van der Waals surface area (Å²) in [6, 6.07) is 0. The van der Waals surface area contributed by atoms with Gasteiger partial charge < -0.3 is 15.8 Å². The molecule has 2 amide bonds. The predicted octanol–water partition coefficient (Wildman–Crippen LogP) is 2.34. The summed E-state index contributed by atoms with van der Waals surface area (Å²) in [4.78, 5) is 23.3. The van der Waals surface area contributed by atoms with Gasteiger partial charge in [0.25, 0.3) is 0 Å². The van der Waals surface area contributed by atoms with Crippen LogP contribution >= 0.6 is 0 Å². The van der Waals surface area contributed by atoms with Crippen molar-refractivity contribution in [2.24, 2.45) is 16.6 Å². The Hall–Kier alpha value is -1.26. The van der Waals surface area contributed by atoms with Crippen molar-refractivity contribution in [2.75, 3.05) is 6.54 Å². The van der Waals surface area contributed by atoms with Gasteiger partial charge in [0.15, 0.2) is 0 Å². The summed E-state index contributed by atoms with van der Waals surface area (Å²) in [5, 5.41) is 2.89. The molecule has 3 N–H and O–H groups in total. The van der Waals surface area contributed by atoms with Crippen molar-refractivity contribution in [3.8, 4) is 0 Å². The number of hydrogen-bond acceptors (Lipinski definition) is 3. The Morgan fingerprint density at radius 3 is 2.00 bits per heavy atom. The molecule has 0 saturated heterocycles. The topological polar surface area (TPSA) is 81.4 Å². The number of carbonyl (C=O) groups excluding carboxylic acids is 2. The highest BCUT2D eigenvalue weighted by atomic mass is 16.6. The van der Waals surface area contributed by atoms with Crippen LogP contribution in [0.4, 0.5) is 4.79 Å². The fraction of sp³-hybridized carbons (Fsp3) is 0.867. The van der Waals surface area contributed by atoms with Gasteiger partial charge in [-0.3, -0.25) is 4.79 Å². The minimum absolute atomic E-state index is 0.133. The van der Waals surface area contributed by atoms with Gasteiger partial charge in [-0.1, -0.05) is 0 Å². The number of amides is 2. The van der Waals surface area contributed by atoms with E-state index in [4.69, 9.17) is 10.5 Å². The minimum Gasteiger partial charge on any atom is -0.444 e. The monoisotopic (exact) mass is 282 g/mol. The zero-order valence-corrected chi connectivity index (χ0v) is 12.8. The lowest BCUT2D eigenvalue weighted by molar-refractivity contribution is -0.136. The van der Waals surface area contributed by atoms with Crippen LogP contribution in [0.1, 0.15) is 59.3 Å². The maximum atomic E-state index is 11.7. The number of alkyl carbamates (subject to hydrolysis) is 1. The van der Waals surface area contributed by atoms with Gasteiger partial charge in [-0.2, -0.15) is 0 Å². The molecule has 3 rings (SSSR count). The van der Waals surface area contributed by atoms with Crippen LogP contribution in [0.2, 0.25) is 0 Å². The zero-order chi connectivity index (χ0) is 15.0. The standard InChI is InChI=1S/C15H26N2O3/c1-13(2,3)20-12(19)17-10-14-4-7-15(8-5-14,9-6-14)11(16)18/h4-10H2,1-3H3,(H2,16,18)(H,17,19)/t14-,15+. The first-order valence-electron chi connectivity index (χ1n) is 7.43. The number of primary amides is 1. The fourth-order valence-electron chi connectivity index (χ4n) is 3.47. The molecule has 3 saturated carbocycles. The Morgan fingerprint density at radius 1 is 1.10 bits per heavy atom. The molecule has 5 heteroatoms. The highest BCUT2D eigenvalue weighted by Crippen LogP contribution is 2.56. The molecule has 0 atom stereocenters. The van der Waals surface area contributed by atoms with Crippen molar-refractivity contribution in [2.45, 2.75) is 64.9 Å². The molecular formula is C15H26N2O3. The van der Waals surface area contributed by atoms with Crippen molar-refractivity contribution >= 4 is 12.0 Å². The van der Waals surface area contributed by atoms with E-state index in [1.54, 1.807) is 0 Å². The van der Waals surface area contributed by atoms with Gasteiger partial charge in [-0.05, 0) is 64.7 Å². The smallest absolute Gasteiger partial charge is 0.407 e. The molecule has 0 heterocycles. The van der Waals surface area contributed by atoms with Gasteiger partial charge in [0.05, 0.1) is 0 Å². The lowest BCUT2D eigenvalue weighted by Gasteiger charge is -2.52. The number of rotatable bonds is 3. The van der Waals surface area contributed by atoms with Crippen LogP contribution in [0.3, 0.4) is 0 Å². The number of nitrogens with two attached hydrogens (primary N) is 1. The van der Waals surface area contributed by atoms with E-state index in [0.717, 1.165) is 38.5 Å². The number of fused-ring (bicyclic) bond motifs is 3. The summed E-state index contributed by atoms with van der Waals surface area (Å²) < 4.78 is 5.26. The van der Waals surface area contributed by atoms with Crippen LogP contribution in [0.25, 0.3) is 0 Å². The van der Waals surface area contributed by atoms with Gasteiger partial charge in [0, 0.05) is 12.0 Å². The molecule has 0 aromatic heterocycles. The first kappa shape index (κ1) is 15.1. The van der Waals surface area contributed by atoms with Crippen LogP contribution < -0.4 is 11.1 Å². The van der Waals surface area contributed by atoms with Crippen LogP contribution in [0, 0.1) is 10.8 Å². The molecule has 20 heavy (non-hydrogen) atoms. The average Bonchev–Trinajstić information content (AvgIpc) is 2.37. The van der Waals surface area contributed by atoms with E-state index in [-0.39, 0.29) is 22.8 Å². The summed E-state index contributed by atoms with van der Waals surface area (Å²) in [5.74, 6) is -0.147. The largest absolute Gasteiger partial charge is 0.444 e. The Bertz CT molecular complexity index is 387. The molecule has 0 radical (unpaired) electrons. The molecule has 0 aromatic carbocycles. The molecule has 0 aromatic rings. The molecule has 114 valence electrons. The van der Waals surface area contributed by atoms with Crippen LogP contribution in [0.5, 0.6) is 0 Å². The third kappa shape index (κ3) is 3.07. The molecule has 3 aliphatic carbocycles. The normalized spacial score (nSPS) is 32.8. The summed E-state index contributed by atoms with van der Waals surface area (Å²) in [6.07, 6.45) is 5.11. The molecule has 3 fully saturated rings. The highest BCUT2D eigenvalue weighted by molar-refractivity contribution is 5.81. The van der Waals surface area contributed by atoms with Gasteiger partial charge in [-0.15, -0.1) is 0 Å². The molecule has 0 aliphatic heterocycles. The molecule has 3 aliphatic rings. The van der Waals surface area contributed by atoms with E-state index in [0.29, 0.717) is 6.54 Å². The van der Waals surface area contributed by atoms with E-state index >= 15 is 0 Å². The summed E-state index contributed by atoms with van der Waals surface area (Å²) in [6.45, 7) is 6.20. The average molecular weight is 282 g/mol. The van der Waals surface area contributed by atoms with Crippen molar-refractivity contribution < 1.29 is 14.3 Å². The van der Waals surface area contributed by atoms with Gasteiger partial charge in [-0.25, -0.2) is 4.79 Å². The molecule has 5 nitrogen and oxygen atoms in total. The van der Waals surface area contributed by atoms with Crippen LogP contribution in [-0.4, -0.2) is 24.1 Å². The SMILES string of the molecule is CC(C)(C)OC(=O)NC[C@]12CC[C@](C(N)=O)(CC1)CC2. The second kappa shape index (κ2) is 4.93. The Kier molecular flexibility index (Phi) is 3.73. The van der Waals surface area contributed by atoms with Crippen LogP contribution in [-0.2, 0) is 9.53 Å². The first-order valence-corrected chi connectivity index (χ1v) is 7.43. The molecule has 0 spiro atoms. The first-order chi connectivity index (χ1) is 9.17. The lowest BCUT2D eigenvalue weighted by Crippen LogP contribution is -2.52. The van der Waals surface area contributed by atoms with Crippen molar-refractivity contribution in [3.63, 3.8) is 0 Å². The number of ether oxygens (including phenoxy) is 1. The maximum Gasteiger partial charge on any atom is 0.407 e. The summed E-state index contributed by atoms with van der Waals surface area (Å²) in [5.41, 5.74) is 4.94. The Balaban J connectivity index is 1.87. The lowest BCUT2D eigenvalue weighted by atomic mass is 9.53. The quantitative estimate of drug-likeness (QED) is 0.833. The fourth-order valence-corrected chi connectivity index (χ4v) is 3.47. The number of hydrogen-bond donors (Lipinski definition) is 2. The Morgan fingerprint density at radius 2 is 1.60 bits per heavy atom. The third-order valence-corrected chi connectivity index (χ3v) is 4.93. The van der Waals surface area contributed by atoms with Crippen molar-refractivity contribution in [1.82, 2.24) is 5.32 Å². The summed E-state index contributed by atoms with van der Waals surface area (Å²) >= 11 is 0. The Labute approximate surface area is 120 Å². The maximum absolute atomic E-state index is 11.7.